The molecule has 4 fully saturated rings. The van der Waals surface area contributed by atoms with Gasteiger partial charge >= 0.3 is 11.9 Å². The molecule has 2 saturated carbocycles. The third-order valence-corrected chi connectivity index (χ3v) is 6.64. The number of epoxide rings is 1. The summed E-state index contributed by atoms with van der Waals surface area (Å²) >= 11 is 0. The lowest BCUT2D eigenvalue weighted by atomic mass is 9.59. The normalized spacial score (nSPS) is 57.5. The average Bonchev–Trinajstić information content (AvgIpc) is 3.24. The third kappa shape index (κ3) is 0.917. The molecule has 6 atom stereocenters. The Labute approximate surface area is 115 Å². The first kappa shape index (κ1) is 11.3. The lowest BCUT2D eigenvalue weighted by molar-refractivity contribution is -0.175. The van der Waals surface area contributed by atoms with Gasteiger partial charge in [0.2, 0.25) is 0 Å². The highest BCUT2D eigenvalue weighted by Gasteiger charge is 2.84. The largest absolute Gasteiger partial charge is 0.478 e. The predicted molar refractivity (Wildman–Crippen MR) is 65.6 cm³/mol. The summed E-state index contributed by atoms with van der Waals surface area (Å²) < 4.78 is 10.9. The second-order valence-corrected chi connectivity index (χ2v) is 7.40. The van der Waals surface area contributed by atoms with E-state index in [2.05, 4.69) is 6.92 Å². The maximum atomic E-state index is 12.2. The van der Waals surface area contributed by atoms with Crippen molar-refractivity contribution in [3.8, 4) is 0 Å². The second-order valence-electron chi connectivity index (χ2n) is 7.40. The van der Waals surface area contributed by atoms with E-state index in [0.29, 0.717) is 18.1 Å². The minimum absolute atomic E-state index is 0.166. The highest BCUT2D eigenvalue weighted by molar-refractivity contribution is 5.92. The molecule has 0 aromatic heterocycles. The summed E-state index contributed by atoms with van der Waals surface area (Å²) in [7, 11) is 0. The quantitative estimate of drug-likeness (QED) is 0.571. The van der Waals surface area contributed by atoms with Crippen molar-refractivity contribution in [2.75, 3.05) is 13.2 Å². The van der Waals surface area contributed by atoms with Crippen LogP contribution < -0.4 is 0 Å². The van der Waals surface area contributed by atoms with E-state index in [0.717, 1.165) is 12.8 Å². The molecular weight excluding hydrogens is 260 g/mol. The third-order valence-electron chi connectivity index (χ3n) is 6.64. The molecule has 5 heteroatoms. The van der Waals surface area contributed by atoms with Gasteiger partial charge in [-0.05, 0) is 30.1 Å². The summed E-state index contributed by atoms with van der Waals surface area (Å²) in [6, 6.07) is 0. The van der Waals surface area contributed by atoms with E-state index in [1.54, 1.807) is 0 Å². The molecule has 2 spiro atoms. The van der Waals surface area contributed by atoms with Gasteiger partial charge in [0.25, 0.3) is 0 Å². The molecule has 1 N–H and O–H groups in total. The zero-order valence-electron chi connectivity index (χ0n) is 11.2. The van der Waals surface area contributed by atoms with E-state index in [9.17, 15) is 14.7 Å². The van der Waals surface area contributed by atoms with Crippen LogP contribution in [0.2, 0.25) is 0 Å². The number of cyclic esters (lactones) is 1. The van der Waals surface area contributed by atoms with Gasteiger partial charge in [-0.25, -0.2) is 9.59 Å². The van der Waals surface area contributed by atoms with E-state index in [1.165, 1.54) is 0 Å². The van der Waals surface area contributed by atoms with Crippen LogP contribution in [0.15, 0.2) is 11.6 Å². The number of esters is 1. The van der Waals surface area contributed by atoms with Gasteiger partial charge in [0.15, 0.2) is 5.60 Å². The van der Waals surface area contributed by atoms with Crippen LogP contribution >= 0.6 is 0 Å². The summed E-state index contributed by atoms with van der Waals surface area (Å²) in [5, 5.41) is 9.47. The van der Waals surface area contributed by atoms with Crippen LogP contribution in [-0.2, 0) is 19.1 Å². The van der Waals surface area contributed by atoms with Gasteiger partial charge in [-0.15, -0.1) is 0 Å². The number of hydrogen-bond donors (Lipinski definition) is 1. The fraction of sp³-hybridized carbons (Fsp3) is 0.733. The highest BCUT2D eigenvalue weighted by Crippen LogP contribution is 2.81. The minimum Gasteiger partial charge on any atom is -0.478 e. The number of aliphatic carboxylic acids is 1. The van der Waals surface area contributed by atoms with Gasteiger partial charge < -0.3 is 14.6 Å². The van der Waals surface area contributed by atoms with Crippen LogP contribution in [0.25, 0.3) is 0 Å². The minimum atomic E-state index is -0.875. The zero-order chi connectivity index (χ0) is 13.9. The molecule has 2 aliphatic heterocycles. The van der Waals surface area contributed by atoms with Gasteiger partial charge in [-0.3, -0.25) is 0 Å². The number of ether oxygens (including phenoxy) is 2. The molecule has 20 heavy (non-hydrogen) atoms. The van der Waals surface area contributed by atoms with Gasteiger partial charge in [0.1, 0.15) is 0 Å². The van der Waals surface area contributed by atoms with Crippen LogP contribution in [0.5, 0.6) is 0 Å². The van der Waals surface area contributed by atoms with Crippen molar-refractivity contribution in [1.29, 1.82) is 0 Å². The van der Waals surface area contributed by atoms with E-state index in [4.69, 9.17) is 9.47 Å². The van der Waals surface area contributed by atoms with E-state index in [1.807, 2.05) is 6.08 Å². The van der Waals surface area contributed by atoms with Crippen molar-refractivity contribution in [2.24, 2.45) is 28.6 Å². The molecule has 2 heterocycles. The Balaban J connectivity index is 1.71. The number of hydrogen-bond acceptors (Lipinski definition) is 4. The molecule has 2 saturated heterocycles. The molecule has 0 aromatic rings. The predicted octanol–water partition coefficient (Wildman–Crippen LogP) is 0.985. The summed E-state index contributed by atoms with van der Waals surface area (Å²) in [5.74, 6) is -0.675. The molecule has 5 nitrogen and oxygen atoms in total. The maximum Gasteiger partial charge on any atom is 0.341 e. The van der Waals surface area contributed by atoms with Crippen molar-refractivity contribution in [2.45, 2.75) is 25.4 Å². The monoisotopic (exact) mass is 276 g/mol. The number of carbonyl (C=O) groups excluding carboxylic acids is 1. The summed E-state index contributed by atoms with van der Waals surface area (Å²) in [4.78, 5) is 23.8. The number of rotatable bonds is 1. The topological polar surface area (TPSA) is 76.1 Å². The Bertz CT molecular complexity index is 603. The highest BCUT2D eigenvalue weighted by atomic mass is 16.6. The SMILES string of the molecule is CC12CC1C1C=C(C(=O)O)C3COC(=O)C4(CO4)C31C2. The number of fused-ring (bicyclic) bond motifs is 2. The van der Waals surface area contributed by atoms with Gasteiger partial charge in [-0.2, -0.15) is 0 Å². The fourth-order valence-electron chi connectivity index (χ4n) is 5.64. The maximum absolute atomic E-state index is 12.2. The number of allylic oxidation sites excluding steroid dienone is 1. The summed E-state index contributed by atoms with van der Waals surface area (Å²) in [5.41, 5.74) is -0.510. The van der Waals surface area contributed by atoms with Crippen molar-refractivity contribution in [3.63, 3.8) is 0 Å². The molecule has 6 unspecified atom stereocenters. The molecule has 5 rings (SSSR count). The first-order chi connectivity index (χ1) is 9.45. The van der Waals surface area contributed by atoms with Crippen molar-refractivity contribution in [1.82, 2.24) is 0 Å². The molecule has 0 amide bonds. The fourth-order valence-corrected chi connectivity index (χ4v) is 5.64. The number of carboxylic acids is 1. The van der Waals surface area contributed by atoms with Crippen LogP contribution in [0.1, 0.15) is 19.8 Å². The molecule has 5 aliphatic rings. The number of carboxylic acid groups (broad SMARTS) is 1. The zero-order valence-corrected chi connectivity index (χ0v) is 11.2. The standard InChI is InChI=1S/C15H16O5/c1-13-3-9(13)8-2-7(11(16)17)10-4-19-12(18)15(6-20-15)14(8,10)5-13/h2,8-10H,3-6H2,1H3,(H,16,17). The van der Waals surface area contributed by atoms with E-state index in [-0.39, 0.29) is 35.2 Å². The lowest BCUT2D eigenvalue weighted by Gasteiger charge is -2.45. The van der Waals surface area contributed by atoms with Gasteiger partial charge in [0, 0.05) is 16.9 Å². The first-order valence-electron chi connectivity index (χ1n) is 7.21. The van der Waals surface area contributed by atoms with Gasteiger partial charge in [0.05, 0.1) is 13.2 Å². The van der Waals surface area contributed by atoms with Crippen molar-refractivity contribution >= 4 is 11.9 Å². The van der Waals surface area contributed by atoms with Crippen LogP contribution in [0, 0.1) is 28.6 Å². The second kappa shape index (κ2) is 2.82. The van der Waals surface area contributed by atoms with Gasteiger partial charge in [-0.1, -0.05) is 13.0 Å². The Morgan fingerprint density at radius 2 is 2.25 bits per heavy atom. The van der Waals surface area contributed by atoms with Crippen LogP contribution in [0.3, 0.4) is 0 Å². The van der Waals surface area contributed by atoms with Crippen molar-refractivity contribution < 1.29 is 24.2 Å². The van der Waals surface area contributed by atoms with Crippen molar-refractivity contribution in [3.05, 3.63) is 11.6 Å². The van der Waals surface area contributed by atoms with Crippen LogP contribution in [0.4, 0.5) is 0 Å². The molecule has 0 radical (unpaired) electrons. The molecule has 106 valence electrons. The first-order valence-corrected chi connectivity index (χ1v) is 7.21. The Kier molecular flexibility index (Phi) is 1.59. The lowest BCUT2D eigenvalue weighted by Crippen LogP contribution is -2.57. The number of carbonyl (C=O) groups is 2. The smallest absolute Gasteiger partial charge is 0.341 e. The Hall–Kier alpha value is -1.36. The molecule has 0 bridgehead atoms. The van der Waals surface area contributed by atoms with E-state index >= 15 is 0 Å². The van der Waals surface area contributed by atoms with Crippen LogP contribution in [-0.4, -0.2) is 35.9 Å². The Morgan fingerprint density at radius 1 is 1.50 bits per heavy atom. The summed E-state index contributed by atoms with van der Waals surface area (Å²) in [6.45, 7) is 2.84. The average molecular weight is 276 g/mol. The summed E-state index contributed by atoms with van der Waals surface area (Å²) in [6.07, 6.45) is 3.95. The molecule has 0 aromatic carbocycles. The molecule has 3 aliphatic carbocycles. The molecular formula is C15H16O5. The Morgan fingerprint density at radius 3 is 2.90 bits per heavy atom. The van der Waals surface area contributed by atoms with E-state index < -0.39 is 11.6 Å².